The topological polar surface area (TPSA) is 66.5 Å². The van der Waals surface area contributed by atoms with Gasteiger partial charge in [-0.25, -0.2) is 8.42 Å². The third kappa shape index (κ3) is 3.90. The molecular weight excluding hydrogens is 384 g/mol. The van der Waals surface area contributed by atoms with Gasteiger partial charge in [0.25, 0.3) is 10.0 Å². The van der Waals surface area contributed by atoms with Crippen molar-refractivity contribution in [1.82, 2.24) is 5.32 Å². The van der Waals surface area contributed by atoms with Crippen LogP contribution in [-0.4, -0.2) is 26.9 Å². The molecule has 0 heterocycles. The quantitative estimate of drug-likeness (QED) is 0.785. The van der Waals surface area contributed by atoms with Crippen molar-refractivity contribution in [3.63, 3.8) is 0 Å². The predicted molar refractivity (Wildman–Crippen MR) is 114 cm³/mol. The molecule has 2 saturated carbocycles. The highest BCUT2D eigenvalue weighted by molar-refractivity contribution is 7.92. The summed E-state index contributed by atoms with van der Waals surface area (Å²) in [5, 5.41) is 3.12. The Balaban J connectivity index is 1.63. The lowest BCUT2D eigenvalue weighted by Crippen LogP contribution is -2.46. The first-order chi connectivity index (χ1) is 13.9. The zero-order valence-corrected chi connectivity index (χ0v) is 17.8. The van der Waals surface area contributed by atoms with Crippen molar-refractivity contribution in [3.8, 4) is 0 Å². The number of nitrogens with zero attached hydrogens (tertiary/aromatic N) is 1. The van der Waals surface area contributed by atoms with Gasteiger partial charge in [0.05, 0.1) is 10.6 Å². The fraction of sp³-hybridized carbons (Fsp3) is 0.435. The van der Waals surface area contributed by atoms with Crippen molar-refractivity contribution in [1.29, 1.82) is 0 Å². The first-order valence-corrected chi connectivity index (χ1v) is 11.7. The standard InChI is InChI=1S/C23H28N2O3S/c1-16-7-6-10-22(17(16)2)25(29(27,28)20-8-4-3-5-9-20)15-23(26)24-21-14-18-11-12-19(21)13-18/h3-10,18-19,21H,11-15H2,1-2H3,(H,24,26)/t18-,19-,21+/m1/s1. The molecule has 0 saturated heterocycles. The van der Waals surface area contributed by atoms with Crippen LogP contribution in [0.15, 0.2) is 53.4 Å². The van der Waals surface area contributed by atoms with Crippen LogP contribution in [-0.2, 0) is 14.8 Å². The molecule has 6 heteroatoms. The Kier molecular flexibility index (Phi) is 5.38. The van der Waals surface area contributed by atoms with Crippen LogP contribution in [0.4, 0.5) is 5.69 Å². The van der Waals surface area contributed by atoms with Gasteiger partial charge < -0.3 is 5.32 Å². The highest BCUT2D eigenvalue weighted by Gasteiger charge is 2.40. The molecule has 2 aromatic carbocycles. The van der Waals surface area contributed by atoms with Gasteiger partial charge in [0, 0.05) is 6.04 Å². The van der Waals surface area contributed by atoms with Gasteiger partial charge in [-0.1, -0.05) is 36.8 Å². The van der Waals surface area contributed by atoms with Gasteiger partial charge in [-0.05, 0) is 74.3 Å². The zero-order chi connectivity index (χ0) is 20.6. The summed E-state index contributed by atoms with van der Waals surface area (Å²) in [6.07, 6.45) is 4.63. The second kappa shape index (κ2) is 7.82. The maximum absolute atomic E-state index is 13.4. The molecule has 4 rings (SSSR count). The highest BCUT2D eigenvalue weighted by atomic mass is 32.2. The minimum absolute atomic E-state index is 0.182. The minimum Gasteiger partial charge on any atom is -0.352 e. The van der Waals surface area contributed by atoms with Crippen molar-refractivity contribution < 1.29 is 13.2 Å². The van der Waals surface area contributed by atoms with Crippen molar-refractivity contribution in [2.75, 3.05) is 10.8 Å². The fourth-order valence-corrected chi connectivity index (χ4v) is 6.33. The van der Waals surface area contributed by atoms with E-state index < -0.39 is 10.0 Å². The summed E-state index contributed by atoms with van der Waals surface area (Å²) in [7, 11) is -3.86. The van der Waals surface area contributed by atoms with Crippen molar-refractivity contribution in [2.24, 2.45) is 11.8 Å². The van der Waals surface area contributed by atoms with Crippen LogP contribution >= 0.6 is 0 Å². The Hall–Kier alpha value is -2.34. The van der Waals surface area contributed by atoms with Crippen LogP contribution < -0.4 is 9.62 Å². The number of hydrogen-bond donors (Lipinski definition) is 1. The molecule has 0 spiro atoms. The number of fused-ring (bicyclic) bond motifs is 2. The van der Waals surface area contributed by atoms with Crippen molar-refractivity contribution in [2.45, 2.75) is 50.5 Å². The molecule has 0 aromatic heterocycles. The number of nitrogens with one attached hydrogen (secondary N) is 1. The van der Waals surface area contributed by atoms with Gasteiger partial charge in [-0.2, -0.15) is 0 Å². The Bertz CT molecular complexity index is 1000. The second-order valence-corrected chi connectivity index (χ2v) is 10.3. The highest BCUT2D eigenvalue weighted by Crippen LogP contribution is 2.44. The van der Waals surface area contributed by atoms with E-state index in [1.54, 1.807) is 36.4 Å². The monoisotopic (exact) mass is 412 g/mol. The number of anilines is 1. The summed E-state index contributed by atoms with van der Waals surface area (Å²) in [6, 6.07) is 14.0. The number of hydrogen-bond acceptors (Lipinski definition) is 3. The number of rotatable bonds is 6. The lowest BCUT2D eigenvalue weighted by molar-refractivity contribution is -0.120. The van der Waals surface area contributed by atoms with Crippen LogP contribution in [0.5, 0.6) is 0 Å². The molecule has 1 amide bonds. The van der Waals surface area contributed by atoms with Crippen LogP contribution in [0.3, 0.4) is 0 Å². The van der Waals surface area contributed by atoms with Gasteiger partial charge in [-0.15, -0.1) is 0 Å². The molecule has 2 fully saturated rings. The van der Waals surface area contributed by atoms with E-state index in [0.29, 0.717) is 17.5 Å². The number of aryl methyl sites for hydroxylation is 1. The van der Waals surface area contributed by atoms with E-state index in [1.165, 1.54) is 23.6 Å². The Labute approximate surface area is 173 Å². The van der Waals surface area contributed by atoms with Crippen LogP contribution in [0.25, 0.3) is 0 Å². The molecule has 154 valence electrons. The Morgan fingerprint density at radius 2 is 1.79 bits per heavy atom. The summed E-state index contributed by atoms with van der Waals surface area (Å²) in [5.41, 5.74) is 2.40. The summed E-state index contributed by atoms with van der Waals surface area (Å²) in [6.45, 7) is 3.63. The lowest BCUT2D eigenvalue weighted by Gasteiger charge is -2.28. The Morgan fingerprint density at radius 1 is 1.03 bits per heavy atom. The van der Waals surface area contributed by atoms with Crippen LogP contribution in [0.1, 0.15) is 36.8 Å². The molecule has 2 aromatic rings. The zero-order valence-electron chi connectivity index (χ0n) is 17.0. The number of sulfonamides is 1. The van der Waals surface area contributed by atoms with E-state index in [0.717, 1.165) is 17.5 Å². The van der Waals surface area contributed by atoms with Gasteiger partial charge in [0.2, 0.25) is 5.91 Å². The molecule has 1 N–H and O–H groups in total. The maximum atomic E-state index is 13.4. The number of benzene rings is 2. The number of carbonyl (C=O) groups is 1. The molecule has 2 aliphatic carbocycles. The molecule has 0 unspecified atom stereocenters. The summed E-state index contributed by atoms with van der Waals surface area (Å²) in [4.78, 5) is 13.1. The number of carbonyl (C=O) groups excluding carboxylic acids is 1. The molecule has 2 bridgehead atoms. The van der Waals surface area contributed by atoms with Gasteiger partial charge >= 0.3 is 0 Å². The Morgan fingerprint density at radius 3 is 2.45 bits per heavy atom. The normalized spacial score (nSPS) is 23.2. The van der Waals surface area contributed by atoms with E-state index in [9.17, 15) is 13.2 Å². The van der Waals surface area contributed by atoms with E-state index in [1.807, 2.05) is 26.0 Å². The van der Waals surface area contributed by atoms with E-state index in [2.05, 4.69) is 5.32 Å². The largest absolute Gasteiger partial charge is 0.352 e. The fourth-order valence-electron chi connectivity index (χ4n) is 4.83. The summed E-state index contributed by atoms with van der Waals surface area (Å²) < 4.78 is 28.1. The van der Waals surface area contributed by atoms with Gasteiger partial charge in [-0.3, -0.25) is 9.10 Å². The molecule has 2 aliphatic rings. The van der Waals surface area contributed by atoms with Crippen molar-refractivity contribution >= 4 is 21.6 Å². The SMILES string of the molecule is Cc1cccc(N(CC(=O)N[C@H]2C[C@@H]3CC[C@@H]2C3)S(=O)(=O)c2ccccc2)c1C. The summed E-state index contributed by atoms with van der Waals surface area (Å²) in [5.74, 6) is 1.03. The average molecular weight is 413 g/mol. The van der Waals surface area contributed by atoms with Crippen LogP contribution in [0.2, 0.25) is 0 Å². The van der Waals surface area contributed by atoms with Gasteiger partial charge in [0.1, 0.15) is 6.54 Å². The van der Waals surface area contributed by atoms with E-state index in [4.69, 9.17) is 0 Å². The molecule has 0 aliphatic heterocycles. The molecule has 3 atom stereocenters. The number of amides is 1. The minimum atomic E-state index is -3.86. The third-order valence-electron chi connectivity index (χ3n) is 6.55. The summed E-state index contributed by atoms with van der Waals surface area (Å²) >= 11 is 0. The maximum Gasteiger partial charge on any atom is 0.264 e. The predicted octanol–water partition coefficient (Wildman–Crippen LogP) is 3.80. The van der Waals surface area contributed by atoms with E-state index in [-0.39, 0.29) is 23.4 Å². The average Bonchev–Trinajstić information content (AvgIpc) is 3.32. The van der Waals surface area contributed by atoms with E-state index >= 15 is 0 Å². The second-order valence-electron chi connectivity index (χ2n) is 8.39. The van der Waals surface area contributed by atoms with Crippen molar-refractivity contribution in [3.05, 3.63) is 59.7 Å². The molecule has 29 heavy (non-hydrogen) atoms. The lowest BCUT2D eigenvalue weighted by atomic mass is 9.95. The molecule has 0 radical (unpaired) electrons. The first kappa shape index (κ1) is 20.0. The smallest absolute Gasteiger partial charge is 0.264 e. The third-order valence-corrected chi connectivity index (χ3v) is 8.32. The molecular formula is C23H28N2O3S. The van der Waals surface area contributed by atoms with Gasteiger partial charge in [0.15, 0.2) is 0 Å². The van der Waals surface area contributed by atoms with Crippen LogP contribution in [0, 0.1) is 25.7 Å². The first-order valence-electron chi connectivity index (χ1n) is 10.3. The molecule has 5 nitrogen and oxygen atoms in total.